The molecule has 0 fully saturated rings. The number of rotatable bonds is 0. The molecule has 0 bridgehead atoms. The van der Waals surface area contributed by atoms with Crippen LogP contribution in [0.5, 0.6) is 0 Å². The molecule has 2 aromatic rings. The summed E-state index contributed by atoms with van der Waals surface area (Å²) < 4.78 is 0.815. The highest BCUT2D eigenvalue weighted by molar-refractivity contribution is 9.10. The fourth-order valence-corrected chi connectivity index (χ4v) is 1.54. The minimum absolute atomic E-state index is 0.589. The van der Waals surface area contributed by atoms with Crippen LogP contribution in [0.4, 0.5) is 0 Å². The van der Waals surface area contributed by atoms with E-state index in [4.69, 9.17) is 11.6 Å². The van der Waals surface area contributed by atoms with Crippen LogP contribution in [0, 0.1) is 6.92 Å². The summed E-state index contributed by atoms with van der Waals surface area (Å²) in [7, 11) is 0. The number of nitrogens with zero attached hydrogens (tertiary/aromatic N) is 2. The Hall–Kier alpha value is -0.610. The predicted octanol–water partition coefficient (Wildman–Crippen LogP) is 2.68. The molecule has 0 saturated carbocycles. The first-order valence-electron chi connectivity index (χ1n) is 3.35. The van der Waals surface area contributed by atoms with Crippen molar-refractivity contribution in [1.29, 1.82) is 0 Å². The van der Waals surface area contributed by atoms with Crippen LogP contribution in [-0.2, 0) is 0 Å². The smallest absolute Gasteiger partial charge is 0.178 e. The zero-order chi connectivity index (χ0) is 8.72. The summed E-state index contributed by atoms with van der Waals surface area (Å²) in [5.74, 6) is 0.834. The lowest BCUT2D eigenvalue weighted by Crippen LogP contribution is -1.78. The topological polar surface area (TPSA) is 41.6 Å². The molecule has 0 unspecified atom stereocenters. The maximum absolute atomic E-state index is 5.84. The lowest BCUT2D eigenvalue weighted by molar-refractivity contribution is 1.16. The highest BCUT2D eigenvalue weighted by Crippen LogP contribution is 2.27. The minimum atomic E-state index is 0.589. The number of halogens is 2. The van der Waals surface area contributed by atoms with Crippen LogP contribution in [0.2, 0.25) is 5.02 Å². The molecule has 0 spiro atoms. The lowest BCUT2D eigenvalue weighted by atomic mass is 10.4. The van der Waals surface area contributed by atoms with Gasteiger partial charge in [-0.05, 0) is 22.9 Å². The Morgan fingerprint density at radius 3 is 3.08 bits per heavy atom. The molecule has 0 saturated heterocycles. The Bertz CT molecular complexity index is 437. The first-order chi connectivity index (χ1) is 5.68. The zero-order valence-electron chi connectivity index (χ0n) is 6.23. The van der Waals surface area contributed by atoms with Crippen LogP contribution in [0.25, 0.3) is 11.2 Å². The molecular weight excluding hydrogens is 241 g/mol. The number of aromatic amines is 1. The molecule has 0 aromatic carbocycles. The summed E-state index contributed by atoms with van der Waals surface area (Å²) in [4.78, 5) is 11.3. The molecule has 0 aliphatic rings. The van der Waals surface area contributed by atoms with E-state index in [2.05, 4.69) is 30.9 Å². The molecule has 62 valence electrons. The molecule has 2 rings (SSSR count). The van der Waals surface area contributed by atoms with Gasteiger partial charge in [-0.1, -0.05) is 11.6 Å². The van der Waals surface area contributed by atoms with E-state index in [1.54, 1.807) is 6.20 Å². The third-order valence-electron chi connectivity index (χ3n) is 1.53. The summed E-state index contributed by atoms with van der Waals surface area (Å²) in [6.07, 6.45) is 1.58. The van der Waals surface area contributed by atoms with Crippen molar-refractivity contribution in [3.63, 3.8) is 0 Å². The maximum Gasteiger partial charge on any atom is 0.178 e. The lowest BCUT2D eigenvalue weighted by Gasteiger charge is -1.93. The number of nitrogens with one attached hydrogen (secondary N) is 1. The quantitative estimate of drug-likeness (QED) is 0.776. The van der Waals surface area contributed by atoms with Crippen LogP contribution in [0.1, 0.15) is 5.82 Å². The van der Waals surface area contributed by atoms with Crippen LogP contribution in [0.15, 0.2) is 10.7 Å². The fourth-order valence-electron chi connectivity index (χ4n) is 1.02. The molecule has 0 aliphatic heterocycles. The molecule has 0 amide bonds. The van der Waals surface area contributed by atoms with Gasteiger partial charge < -0.3 is 4.98 Å². The summed E-state index contributed by atoms with van der Waals surface area (Å²) in [5, 5.41) is 0.589. The van der Waals surface area contributed by atoms with Gasteiger partial charge >= 0.3 is 0 Å². The van der Waals surface area contributed by atoms with E-state index in [1.807, 2.05) is 6.92 Å². The second-order valence-corrected chi connectivity index (χ2v) is 3.64. The number of aromatic nitrogens is 3. The van der Waals surface area contributed by atoms with Crippen LogP contribution < -0.4 is 0 Å². The molecule has 2 heterocycles. The number of H-pyrrole nitrogens is 1. The number of pyridine rings is 1. The Kier molecular flexibility index (Phi) is 1.81. The van der Waals surface area contributed by atoms with Gasteiger partial charge in [0.2, 0.25) is 0 Å². The molecule has 2 aromatic heterocycles. The predicted molar refractivity (Wildman–Crippen MR) is 51.3 cm³/mol. The van der Waals surface area contributed by atoms with Crippen molar-refractivity contribution in [3.8, 4) is 0 Å². The van der Waals surface area contributed by atoms with Crippen LogP contribution in [-0.4, -0.2) is 15.0 Å². The third kappa shape index (κ3) is 1.11. The summed E-state index contributed by atoms with van der Waals surface area (Å²) in [6.45, 7) is 1.88. The van der Waals surface area contributed by atoms with Crippen LogP contribution in [0.3, 0.4) is 0 Å². The van der Waals surface area contributed by atoms with Crippen molar-refractivity contribution in [3.05, 3.63) is 21.5 Å². The molecule has 3 nitrogen and oxygen atoms in total. The number of hydrogen-bond donors (Lipinski definition) is 1. The maximum atomic E-state index is 5.84. The Labute approximate surface area is 82.3 Å². The first-order valence-corrected chi connectivity index (χ1v) is 4.52. The van der Waals surface area contributed by atoms with Crippen molar-refractivity contribution in [2.45, 2.75) is 6.92 Å². The van der Waals surface area contributed by atoms with Gasteiger partial charge in [0.25, 0.3) is 0 Å². The average molecular weight is 246 g/mol. The summed E-state index contributed by atoms with van der Waals surface area (Å²) in [5.41, 5.74) is 1.53. The molecule has 0 aliphatic carbocycles. The van der Waals surface area contributed by atoms with E-state index in [1.165, 1.54) is 0 Å². The normalized spacial score (nSPS) is 10.9. The highest BCUT2D eigenvalue weighted by Gasteiger charge is 2.07. The van der Waals surface area contributed by atoms with Gasteiger partial charge in [-0.2, -0.15) is 0 Å². The summed E-state index contributed by atoms with van der Waals surface area (Å²) >= 11 is 9.19. The number of imidazole rings is 1. The van der Waals surface area contributed by atoms with Gasteiger partial charge in [0, 0.05) is 6.20 Å². The Morgan fingerprint density at radius 2 is 2.33 bits per heavy atom. The SMILES string of the molecule is Cc1nc2ncc(Cl)c(Br)c2[nH]1. The highest BCUT2D eigenvalue weighted by atomic mass is 79.9. The van der Waals surface area contributed by atoms with Gasteiger partial charge in [-0.15, -0.1) is 0 Å². The largest absolute Gasteiger partial charge is 0.340 e. The van der Waals surface area contributed by atoms with E-state index in [-0.39, 0.29) is 0 Å². The van der Waals surface area contributed by atoms with E-state index in [0.717, 1.165) is 15.8 Å². The van der Waals surface area contributed by atoms with Gasteiger partial charge in [0.15, 0.2) is 5.65 Å². The second-order valence-electron chi connectivity index (χ2n) is 2.44. The zero-order valence-corrected chi connectivity index (χ0v) is 8.57. The summed E-state index contributed by atoms with van der Waals surface area (Å²) in [6, 6.07) is 0. The first kappa shape index (κ1) is 8.01. The van der Waals surface area contributed by atoms with E-state index < -0.39 is 0 Å². The van der Waals surface area contributed by atoms with Crippen molar-refractivity contribution in [2.24, 2.45) is 0 Å². The average Bonchev–Trinajstić information content (AvgIpc) is 2.39. The minimum Gasteiger partial charge on any atom is -0.340 e. The molecule has 5 heteroatoms. The van der Waals surface area contributed by atoms with Crippen molar-refractivity contribution < 1.29 is 0 Å². The third-order valence-corrected chi connectivity index (χ3v) is 2.87. The van der Waals surface area contributed by atoms with Gasteiger partial charge in [-0.25, -0.2) is 9.97 Å². The van der Waals surface area contributed by atoms with Crippen LogP contribution >= 0.6 is 27.5 Å². The van der Waals surface area contributed by atoms with Crippen molar-refractivity contribution >= 4 is 38.7 Å². The van der Waals surface area contributed by atoms with Gasteiger partial charge in [0.05, 0.1) is 9.50 Å². The monoisotopic (exact) mass is 245 g/mol. The fraction of sp³-hybridized carbons (Fsp3) is 0.143. The van der Waals surface area contributed by atoms with E-state index >= 15 is 0 Å². The standard InChI is InChI=1S/C7H5BrClN3/c1-3-11-6-5(8)4(9)2-10-7(6)12-3/h2H,1H3,(H,10,11,12). The molecular formula is C7H5BrClN3. The molecule has 1 N–H and O–H groups in total. The Morgan fingerprint density at radius 1 is 1.58 bits per heavy atom. The van der Waals surface area contributed by atoms with Crippen molar-refractivity contribution in [2.75, 3.05) is 0 Å². The molecule has 0 atom stereocenters. The number of hydrogen-bond acceptors (Lipinski definition) is 2. The van der Waals surface area contributed by atoms with E-state index in [0.29, 0.717) is 10.7 Å². The molecule has 12 heavy (non-hydrogen) atoms. The number of fused-ring (bicyclic) bond motifs is 1. The Balaban J connectivity index is 2.89. The van der Waals surface area contributed by atoms with Gasteiger partial charge in [0.1, 0.15) is 11.3 Å². The molecule has 0 radical (unpaired) electrons. The van der Waals surface area contributed by atoms with E-state index in [9.17, 15) is 0 Å². The second kappa shape index (κ2) is 2.71. The van der Waals surface area contributed by atoms with Crippen molar-refractivity contribution in [1.82, 2.24) is 15.0 Å². The number of aryl methyl sites for hydroxylation is 1. The van der Waals surface area contributed by atoms with Gasteiger partial charge in [-0.3, -0.25) is 0 Å².